The van der Waals surface area contributed by atoms with Crippen LogP contribution in [0.5, 0.6) is 0 Å². The van der Waals surface area contributed by atoms with E-state index >= 15 is 0 Å². The zero-order valence-electron chi connectivity index (χ0n) is 15.7. The van der Waals surface area contributed by atoms with Gasteiger partial charge in [-0.1, -0.05) is 90.2 Å². The van der Waals surface area contributed by atoms with E-state index in [0.717, 1.165) is 10.7 Å². The summed E-state index contributed by atoms with van der Waals surface area (Å²) in [7, 11) is 0. The molecular weight excluding hydrogens is 380 g/mol. The van der Waals surface area contributed by atoms with E-state index in [2.05, 4.69) is 45.1 Å². The summed E-state index contributed by atoms with van der Waals surface area (Å²) < 4.78 is 0. The highest BCUT2D eigenvalue weighted by Crippen LogP contribution is 2.23. The van der Waals surface area contributed by atoms with Gasteiger partial charge in [0.15, 0.2) is 0 Å². The van der Waals surface area contributed by atoms with Crippen molar-refractivity contribution in [3.05, 3.63) is 112 Å². The predicted molar refractivity (Wildman–Crippen MR) is 116 cm³/mol. The van der Waals surface area contributed by atoms with Gasteiger partial charge in [-0.15, -0.1) is 10.2 Å². The summed E-state index contributed by atoms with van der Waals surface area (Å²) in [5, 5.41) is 15.7. The SMILES string of the molecule is O=C(Nc1ccccc1)c1nnc(CNC(c2ccccc2)c2ccccc2)s1. The third-order valence-corrected chi connectivity index (χ3v) is 5.34. The molecule has 0 aliphatic carbocycles. The van der Waals surface area contributed by atoms with Crippen molar-refractivity contribution in [1.29, 1.82) is 0 Å². The van der Waals surface area contributed by atoms with Crippen LogP contribution in [0.15, 0.2) is 91.0 Å². The van der Waals surface area contributed by atoms with Gasteiger partial charge in [0.25, 0.3) is 5.91 Å². The van der Waals surface area contributed by atoms with Crippen molar-refractivity contribution in [2.45, 2.75) is 12.6 Å². The Kier molecular flexibility index (Phi) is 6.04. The second-order valence-electron chi connectivity index (χ2n) is 6.46. The van der Waals surface area contributed by atoms with E-state index in [1.807, 2.05) is 66.7 Å². The number of carbonyl (C=O) groups excluding carboxylic acids is 1. The van der Waals surface area contributed by atoms with Gasteiger partial charge in [0.2, 0.25) is 5.01 Å². The van der Waals surface area contributed by atoms with E-state index in [4.69, 9.17) is 0 Å². The van der Waals surface area contributed by atoms with Crippen LogP contribution in [0.25, 0.3) is 0 Å². The third kappa shape index (κ3) is 4.93. The Morgan fingerprint density at radius 2 is 1.34 bits per heavy atom. The summed E-state index contributed by atoms with van der Waals surface area (Å²) in [5.41, 5.74) is 3.08. The van der Waals surface area contributed by atoms with Crippen LogP contribution >= 0.6 is 11.3 Å². The number of amides is 1. The number of carbonyl (C=O) groups is 1. The van der Waals surface area contributed by atoms with Crippen LogP contribution < -0.4 is 10.6 Å². The van der Waals surface area contributed by atoms with Crippen LogP contribution in [0.1, 0.15) is 32.0 Å². The van der Waals surface area contributed by atoms with Gasteiger partial charge in [0, 0.05) is 5.69 Å². The van der Waals surface area contributed by atoms with Gasteiger partial charge >= 0.3 is 0 Å². The molecule has 0 aliphatic heterocycles. The molecule has 0 saturated heterocycles. The van der Waals surface area contributed by atoms with E-state index in [9.17, 15) is 4.79 Å². The molecule has 0 bridgehead atoms. The molecule has 29 heavy (non-hydrogen) atoms. The molecule has 4 rings (SSSR count). The van der Waals surface area contributed by atoms with Crippen molar-refractivity contribution in [1.82, 2.24) is 15.5 Å². The lowest BCUT2D eigenvalue weighted by Crippen LogP contribution is -2.21. The summed E-state index contributed by atoms with van der Waals surface area (Å²) in [6.45, 7) is 0.519. The molecule has 0 radical (unpaired) electrons. The summed E-state index contributed by atoms with van der Waals surface area (Å²) in [6, 6.07) is 29.9. The number of benzene rings is 3. The third-order valence-electron chi connectivity index (χ3n) is 4.42. The van der Waals surface area contributed by atoms with Crippen molar-refractivity contribution in [2.24, 2.45) is 0 Å². The van der Waals surface area contributed by atoms with Gasteiger partial charge in [-0.05, 0) is 23.3 Å². The Bertz CT molecular complexity index is 1010. The van der Waals surface area contributed by atoms with Crippen molar-refractivity contribution in [3.8, 4) is 0 Å². The van der Waals surface area contributed by atoms with E-state index in [1.54, 1.807) is 0 Å². The minimum Gasteiger partial charge on any atom is -0.320 e. The van der Waals surface area contributed by atoms with Crippen LogP contribution in [0.2, 0.25) is 0 Å². The van der Waals surface area contributed by atoms with E-state index < -0.39 is 0 Å². The maximum absolute atomic E-state index is 12.4. The zero-order chi connectivity index (χ0) is 19.9. The number of anilines is 1. The van der Waals surface area contributed by atoms with Crippen molar-refractivity contribution < 1.29 is 4.79 Å². The molecule has 0 aliphatic rings. The van der Waals surface area contributed by atoms with E-state index in [-0.39, 0.29) is 11.9 Å². The van der Waals surface area contributed by atoms with Crippen LogP contribution in [0.3, 0.4) is 0 Å². The zero-order valence-corrected chi connectivity index (χ0v) is 16.5. The maximum Gasteiger partial charge on any atom is 0.286 e. The highest BCUT2D eigenvalue weighted by molar-refractivity contribution is 7.13. The molecule has 6 heteroatoms. The molecule has 4 aromatic rings. The standard InChI is InChI=1S/C23H20N4OS/c28-22(25-19-14-8-3-9-15-19)23-27-26-20(29-23)16-24-21(17-10-4-1-5-11-17)18-12-6-2-7-13-18/h1-15,21,24H,16H2,(H,25,28). The molecule has 0 spiro atoms. The summed E-state index contributed by atoms with van der Waals surface area (Å²) in [4.78, 5) is 12.4. The molecule has 5 nitrogen and oxygen atoms in total. The van der Waals surface area contributed by atoms with Crippen LogP contribution in [0.4, 0.5) is 5.69 Å². The number of nitrogens with zero attached hydrogens (tertiary/aromatic N) is 2. The first kappa shape index (κ1) is 19.0. The van der Waals surface area contributed by atoms with E-state index in [0.29, 0.717) is 11.6 Å². The Morgan fingerprint density at radius 3 is 1.93 bits per heavy atom. The highest BCUT2D eigenvalue weighted by atomic mass is 32.1. The minimum absolute atomic E-state index is 0.0305. The number of hydrogen-bond acceptors (Lipinski definition) is 5. The first-order chi connectivity index (χ1) is 14.3. The molecule has 2 N–H and O–H groups in total. The summed E-state index contributed by atoms with van der Waals surface area (Å²) >= 11 is 1.30. The van der Waals surface area contributed by atoms with Gasteiger partial charge in [0.1, 0.15) is 5.01 Å². The Morgan fingerprint density at radius 1 is 0.793 bits per heavy atom. The number of para-hydroxylation sites is 1. The number of rotatable bonds is 7. The molecule has 3 aromatic carbocycles. The lowest BCUT2D eigenvalue weighted by molar-refractivity contribution is 0.102. The lowest BCUT2D eigenvalue weighted by Gasteiger charge is -2.19. The predicted octanol–water partition coefficient (Wildman–Crippen LogP) is 4.67. The molecule has 1 heterocycles. The lowest BCUT2D eigenvalue weighted by atomic mass is 9.99. The van der Waals surface area contributed by atoms with Gasteiger partial charge in [-0.2, -0.15) is 0 Å². The molecule has 0 saturated carbocycles. The topological polar surface area (TPSA) is 66.9 Å². The monoisotopic (exact) mass is 400 g/mol. The fourth-order valence-corrected chi connectivity index (χ4v) is 3.72. The average molecular weight is 401 g/mol. The van der Waals surface area contributed by atoms with Crippen molar-refractivity contribution >= 4 is 22.9 Å². The second kappa shape index (κ2) is 9.23. The molecule has 0 fully saturated rings. The Labute approximate surface area is 173 Å². The quantitative estimate of drug-likeness (QED) is 0.473. The van der Waals surface area contributed by atoms with Crippen LogP contribution in [-0.2, 0) is 6.54 Å². The van der Waals surface area contributed by atoms with Gasteiger partial charge in [-0.3, -0.25) is 10.1 Å². The fraction of sp³-hybridized carbons (Fsp3) is 0.0870. The average Bonchev–Trinajstić information content (AvgIpc) is 3.25. The molecule has 0 unspecified atom stereocenters. The highest BCUT2D eigenvalue weighted by Gasteiger charge is 2.16. The fourth-order valence-electron chi connectivity index (χ4n) is 3.03. The van der Waals surface area contributed by atoms with E-state index in [1.165, 1.54) is 22.5 Å². The van der Waals surface area contributed by atoms with Gasteiger partial charge in [-0.25, -0.2) is 0 Å². The normalized spacial score (nSPS) is 10.8. The van der Waals surface area contributed by atoms with Crippen molar-refractivity contribution in [3.63, 3.8) is 0 Å². The second-order valence-corrected chi connectivity index (χ2v) is 7.52. The maximum atomic E-state index is 12.4. The van der Waals surface area contributed by atoms with Gasteiger partial charge < -0.3 is 5.32 Å². The van der Waals surface area contributed by atoms with Crippen LogP contribution in [0, 0.1) is 0 Å². The number of aromatic nitrogens is 2. The summed E-state index contributed by atoms with van der Waals surface area (Å²) in [5.74, 6) is -0.248. The summed E-state index contributed by atoms with van der Waals surface area (Å²) in [6.07, 6.45) is 0. The smallest absolute Gasteiger partial charge is 0.286 e. The first-order valence-corrected chi connectivity index (χ1v) is 10.1. The number of nitrogens with one attached hydrogen (secondary N) is 2. The molecular formula is C23H20N4OS. The van der Waals surface area contributed by atoms with Crippen molar-refractivity contribution in [2.75, 3.05) is 5.32 Å². The Balaban J connectivity index is 1.45. The number of hydrogen-bond donors (Lipinski definition) is 2. The Hall–Kier alpha value is -3.35. The van der Waals surface area contributed by atoms with Crippen LogP contribution in [-0.4, -0.2) is 16.1 Å². The molecule has 1 amide bonds. The van der Waals surface area contributed by atoms with Gasteiger partial charge in [0.05, 0.1) is 12.6 Å². The molecule has 144 valence electrons. The molecule has 0 atom stereocenters. The minimum atomic E-state index is -0.248. The molecule has 1 aromatic heterocycles. The largest absolute Gasteiger partial charge is 0.320 e. The first-order valence-electron chi connectivity index (χ1n) is 9.31.